The van der Waals surface area contributed by atoms with E-state index in [0.29, 0.717) is 0 Å². The number of benzene rings is 2. The van der Waals surface area contributed by atoms with Crippen molar-refractivity contribution in [2.24, 2.45) is 0 Å². The summed E-state index contributed by atoms with van der Waals surface area (Å²) < 4.78 is 5.19. The zero-order valence-electron chi connectivity index (χ0n) is 13.6. The number of ether oxygens (including phenoxy) is 1. The van der Waals surface area contributed by atoms with Crippen LogP contribution in [0, 0.1) is 13.8 Å². The van der Waals surface area contributed by atoms with Crippen LogP contribution in [0.1, 0.15) is 11.1 Å². The number of phenolic OH excluding ortho intramolecular Hbond substituents is 1. The molecule has 0 aliphatic heterocycles. The number of phenols is 1. The number of carbonyl (C=O) groups is 2. The predicted octanol–water partition coefficient (Wildman–Crippen LogP) is 2.14. The van der Waals surface area contributed by atoms with Crippen LogP contribution in [-0.4, -0.2) is 30.1 Å². The Balaban J connectivity index is 1.79. The fourth-order valence-corrected chi connectivity index (χ4v) is 2.15. The molecule has 0 spiro atoms. The summed E-state index contributed by atoms with van der Waals surface area (Å²) in [5.74, 6) is -0.594. The zero-order chi connectivity index (χ0) is 17.5. The molecule has 3 N–H and O–H groups in total. The topological polar surface area (TPSA) is 87.7 Å². The molecule has 2 aromatic rings. The maximum Gasteiger partial charge on any atom is 0.258 e. The molecule has 2 aromatic carbocycles. The van der Waals surface area contributed by atoms with Gasteiger partial charge in [0.1, 0.15) is 0 Å². The van der Waals surface area contributed by atoms with Gasteiger partial charge in [0.25, 0.3) is 5.91 Å². The standard InChI is InChI=1S/C18H20N2O4/c1-12-6-5-7-13(2)18(12)20-16(22)10-19-17(23)11-24-15-9-4-3-8-14(15)21/h3-9,21H,10-11H2,1-2H3,(H,19,23)(H,20,22). The molecular weight excluding hydrogens is 308 g/mol. The van der Waals surface area contributed by atoms with Crippen LogP contribution in [0.3, 0.4) is 0 Å². The lowest BCUT2D eigenvalue weighted by Crippen LogP contribution is -2.36. The Morgan fingerprint density at radius 2 is 1.67 bits per heavy atom. The summed E-state index contributed by atoms with van der Waals surface area (Å²) in [6, 6.07) is 12.1. The number of aromatic hydroxyl groups is 1. The second-order valence-electron chi connectivity index (χ2n) is 5.35. The first kappa shape index (κ1) is 17.3. The Morgan fingerprint density at radius 3 is 2.33 bits per heavy atom. The molecule has 0 aromatic heterocycles. The van der Waals surface area contributed by atoms with Gasteiger partial charge in [-0.3, -0.25) is 9.59 Å². The minimum absolute atomic E-state index is 0.0435. The fraction of sp³-hybridized carbons (Fsp3) is 0.222. The Morgan fingerprint density at radius 1 is 1.00 bits per heavy atom. The first-order chi connectivity index (χ1) is 11.5. The van der Waals surface area contributed by atoms with Crippen molar-refractivity contribution < 1.29 is 19.4 Å². The molecule has 0 bridgehead atoms. The van der Waals surface area contributed by atoms with Gasteiger partial charge in [-0.2, -0.15) is 0 Å². The lowest BCUT2D eigenvalue weighted by Gasteiger charge is -2.12. The van der Waals surface area contributed by atoms with E-state index < -0.39 is 5.91 Å². The van der Waals surface area contributed by atoms with E-state index in [1.54, 1.807) is 18.2 Å². The van der Waals surface area contributed by atoms with E-state index in [1.165, 1.54) is 6.07 Å². The zero-order valence-corrected chi connectivity index (χ0v) is 13.6. The number of aryl methyl sites for hydroxylation is 2. The third-order valence-electron chi connectivity index (χ3n) is 3.42. The summed E-state index contributed by atoms with van der Waals surface area (Å²) in [5.41, 5.74) is 2.66. The smallest absolute Gasteiger partial charge is 0.258 e. The van der Waals surface area contributed by atoms with Gasteiger partial charge in [-0.1, -0.05) is 30.3 Å². The lowest BCUT2D eigenvalue weighted by atomic mass is 10.1. The molecule has 0 fully saturated rings. The average Bonchev–Trinajstić information content (AvgIpc) is 2.56. The molecule has 126 valence electrons. The monoisotopic (exact) mass is 328 g/mol. The van der Waals surface area contributed by atoms with E-state index in [4.69, 9.17) is 4.74 Å². The predicted molar refractivity (Wildman–Crippen MR) is 91.2 cm³/mol. The van der Waals surface area contributed by atoms with Crippen LogP contribution in [0.2, 0.25) is 0 Å². The molecule has 0 heterocycles. The van der Waals surface area contributed by atoms with Crippen LogP contribution in [0.5, 0.6) is 11.5 Å². The number of para-hydroxylation sites is 3. The highest BCUT2D eigenvalue weighted by atomic mass is 16.5. The summed E-state index contributed by atoms with van der Waals surface area (Å²) in [4.78, 5) is 23.7. The Hall–Kier alpha value is -3.02. The van der Waals surface area contributed by atoms with Crippen molar-refractivity contribution in [3.63, 3.8) is 0 Å². The first-order valence-corrected chi connectivity index (χ1v) is 7.51. The molecule has 0 saturated carbocycles. The van der Waals surface area contributed by atoms with E-state index >= 15 is 0 Å². The van der Waals surface area contributed by atoms with E-state index in [2.05, 4.69) is 10.6 Å². The van der Waals surface area contributed by atoms with Crippen LogP contribution in [0.25, 0.3) is 0 Å². The molecule has 0 unspecified atom stereocenters. The molecule has 2 amide bonds. The van der Waals surface area contributed by atoms with Crippen molar-refractivity contribution in [1.82, 2.24) is 5.32 Å². The SMILES string of the molecule is Cc1cccc(C)c1NC(=O)CNC(=O)COc1ccccc1O. The Labute approximate surface area is 140 Å². The Bertz CT molecular complexity index is 723. The number of anilines is 1. The van der Waals surface area contributed by atoms with Crippen LogP contribution in [0.4, 0.5) is 5.69 Å². The van der Waals surface area contributed by atoms with Crippen molar-refractivity contribution in [2.75, 3.05) is 18.5 Å². The molecule has 6 heteroatoms. The van der Waals surface area contributed by atoms with Crippen molar-refractivity contribution >= 4 is 17.5 Å². The molecule has 0 aliphatic rings. The van der Waals surface area contributed by atoms with Gasteiger partial charge >= 0.3 is 0 Å². The number of nitrogens with one attached hydrogen (secondary N) is 2. The van der Waals surface area contributed by atoms with Crippen LogP contribution in [-0.2, 0) is 9.59 Å². The van der Waals surface area contributed by atoms with Gasteiger partial charge in [-0.05, 0) is 37.1 Å². The summed E-state index contributed by atoms with van der Waals surface area (Å²) in [7, 11) is 0. The van der Waals surface area contributed by atoms with Crippen LogP contribution >= 0.6 is 0 Å². The maximum atomic E-state index is 11.9. The third kappa shape index (κ3) is 4.74. The number of hydrogen-bond acceptors (Lipinski definition) is 4. The lowest BCUT2D eigenvalue weighted by molar-refractivity contribution is -0.125. The number of amides is 2. The van der Waals surface area contributed by atoms with E-state index in [1.807, 2.05) is 32.0 Å². The summed E-state index contributed by atoms with van der Waals surface area (Å²) >= 11 is 0. The minimum atomic E-state index is -0.449. The highest BCUT2D eigenvalue weighted by Gasteiger charge is 2.10. The van der Waals surface area contributed by atoms with Crippen LogP contribution < -0.4 is 15.4 Å². The molecule has 0 atom stereocenters. The molecule has 2 rings (SSSR count). The quantitative estimate of drug-likeness (QED) is 0.758. The molecule has 24 heavy (non-hydrogen) atoms. The Kier molecular flexibility index (Phi) is 5.78. The van der Waals surface area contributed by atoms with Gasteiger partial charge in [0.2, 0.25) is 5.91 Å². The third-order valence-corrected chi connectivity index (χ3v) is 3.42. The highest BCUT2D eigenvalue weighted by molar-refractivity contribution is 5.95. The van der Waals surface area contributed by atoms with Crippen molar-refractivity contribution in [3.05, 3.63) is 53.6 Å². The van der Waals surface area contributed by atoms with Gasteiger partial charge in [0.15, 0.2) is 18.1 Å². The van der Waals surface area contributed by atoms with E-state index in [-0.39, 0.29) is 30.6 Å². The van der Waals surface area contributed by atoms with Crippen LogP contribution in [0.15, 0.2) is 42.5 Å². The molecule has 0 saturated heterocycles. The highest BCUT2D eigenvalue weighted by Crippen LogP contribution is 2.24. The normalized spacial score (nSPS) is 10.1. The van der Waals surface area contributed by atoms with Gasteiger partial charge < -0.3 is 20.5 Å². The summed E-state index contributed by atoms with van der Waals surface area (Å²) in [5, 5.41) is 14.8. The fourth-order valence-electron chi connectivity index (χ4n) is 2.15. The second-order valence-corrected chi connectivity index (χ2v) is 5.35. The summed E-state index contributed by atoms with van der Waals surface area (Å²) in [6.45, 7) is 3.37. The summed E-state index contributed by atoms with van der Waals surface area (Å²) in [6.07, 6.45) is 0. The molecule has 6 nitrogen and oxygen atoms in total. The van der Waals surface area contributed by atoms with Gasteiger partial charge in [-0.25, -0.2) is 0 Å². The molecular formula is C18H20N2O4. The van der Waals surface area contributed by atoms with Crippen molar-refractivity contribution in [3.8, 4) is 11.5 Å². The number of carbonyl (C=O) groups excluding carboxylic acids is 2. The van der Waals surface area contributed by atoms with E-state index in [0.717, 1.165) is 16.8 Å². The number of hydrogen-bond donors (Lipinski definition) is 3. The van der Waals surface area contributed by atoms with Gasteiger partial charge in [0, 0.05) is 5.69 Å². The number of rotatable bonds is 6. The van der Waals surface area contributed by atoms with Gasteiger partial charge in [-0.15, -0.1) is 0 Å². The molecule has 0 aliphatic carbocycles. The van der Waals surface area contributed by atoms with Gasteiger partial charge in [0.05, 0.1) is 6.54 Å². The van der Waals surface area contributed by atoms with Crippen molar-refractivity contribution in [1.29, 1.82) is 0 Å². The average molecular weight is 328 g/mol. The van der Waals surface area contributed by atoms with E-state index in [9.17, 15) is 14.7 Å². The first-order valence-electron chi connectivity index (χ1n) is 7.51. The minimum Gasteiger partial charge on any atom is -0.504 e. The molecule has 0 radical (unpaired) electrons. The largest absolute Gasteiger partial charge is 0.504 e. The maximum absolute atomic E-state index is 11.9. The van der Waals surface area contributed by atoms with Crippen molar-refractivity contribution in [2.45, 2.75) is 13.8 Å². The second kappa shape index (κ2) is 8.01.